The normalized spacial score (nSPS) is 30.6. The lowest BCUT2D eigenvalue weighted by molar-refractivity contribution is -0.141. The number of carbonyl (C=O) groups is 2. The SMILES string of the molecule is CC(C)C(=O)N1CCCC1C(=O)NC1CCCCC1O. The van der Waals surface area contributed by atoms with E-state index < -0.39 is 6.10 Å². The predicted molar refractivity (Wildman–Crippen MR) is 76.0 cm³/mol. The topological polar surface area (TPSA) is 69.6 Å². The zero-order valence-corrected chi connectivity index (χ0v) is 12.5. The molecule has 0 spiro atoms. The first kappa shape index (κ1) is 15.3. The molecule has 20 heavy (non-hydrogen) atoms. The molecule has 2 N–H and O–H groups in total. The number of carbonyl (C=O) groups excluding carboxylic acids is 2. The van der Waals surface area contributed by atoms with Crippen molar-refractivity contribution < 1.29 is 14.7 Å². The van der Waals surface area contributed by atoms with Crippen LogP contribution in [0.3, 0.4) is 0 Å². The van der Waals surface area contributed by atoms with Gasteiger partial charge in [-0.3, -0.25) is 9.59 Å². The number of amides is 2. The monoisotopic (exact) mass is 282 g/mol. The lowest BCUT2D eigenvalue weighted by Gasteiger charge is -2.31. The third-order valence-corrected chi connectivity index (χ3v) is 4.39. The molecule has 1 saturated heterocycles. The number of rotatable bonds is 3. The van der Waals surface area contributed by atoms with Gasteiger partial charge in [0.1, 0.15) is 6.04 Å². The van der Waals surface area contributed by atoms with Crippen LogP contribution < -0.4 is 5.32 Å². The van der Waals surface area contributed by atoms with Gasteiger partial charge in [-0.1, -0.05) is 26.7 Å². The van der Waals surface area contributed by atoms with E-state index in [1.165, 1.54) is 0 Å². The lowest BCUT2D eigenvalue weighted by atomic mass is 9.92. The Bertz CT molecular complexity index is 370. The largest absolute Gasteiger partial charge is 0.391 e. The molecule has 1 heterocycles. The summed E-state index contributed by atoms with van der Waals surface area (Å²) in [4.78, 5) is 26.2. The van der Waals surface area contributed by atoms with E-state index in [0.717, 1.165) is 38.5 Å². The smallest absolute Gasteiger partial charge is 0.243 e. The summed E-state index contributed by atoms with van der Waals surface area (Å²) >= 11 is 0. The summed E-state index contributed by atoms with van der Waals surface area (Å²) in [5.41, 5.74) is 0. The molecule has 2 rings (SSSR count). The van der Waals surface area contributed by atoms with Crippen LogP contribution >= 0.6 is 0 Å². The standard InChI is InChI=1S/C15H26N2O3/c1-10(2)15(20)17-9-5-7-12(17)14(19)16-11-6-3-4-8-13(11)18/h10-13,18H,3-9H2,1-2H3,(H,16,19). The van der Waals surface area contributed by atoms with Crippen molar-refractivity contribution in [2.75, 3.05) is 6.54 Å². The number of nitrogens with one attached hydrogen (secondary N) is 1. The Kier molecular flexibility index (Phi) is 5.02. The van der Waals surface area contributed by atoms with Gasteiger partial charge in [0.05, 0.1) is 12.1 Å². The van der Waals surface area contributed by atoms with Gasteiger partial charge < -0.3 is 15.3 Å². The number of aliphatic hydroxyl groups excluding tert-OH is 1. The van der Waals surface area contributed by atoms with Crippen molar-refractivity contribution >= 4 is 11.8 Å². The molecule has 1 aliphatic carbocycles. The maximum Gasteiger partial charge on any atom is 0.243 e. The molecule has 2 amide bonds. The van der Waals surface area contributed by atoms with Crippen molar-refractivity contribution in [2.45, 2.75) is 70.6 Å². The molecule has 1 saturated carbocycles. The van der Waals surface area contributed by atoms with Gasteiger partial charge in [0.25, 0.3) is 0 Å². The van der Waals surface area contributed by atoms with E-state index in [2.05, 4.69) is 5.32 Å². The van der Waals surface area contributed by atoms with Gasteiger partial charge in [-0.15, -0.1) is 0 Å². The Labute approximate surface area is 120 Å². The summed E-state index contributed by atoms with van der Waals surface area (Å²) in [5.74, 6) is -0.127. The van der Waals surface area contributed by atoms with Crippen molar-refractivity contribution in [1.29, 1.82) is 0 Å². The van der Waals surface area contributed by atoms with Crippen LogP contribution in [0.15, 0.2) is 0 Å². The maximum absolute atomic E-state index is 12.4. The molecule has 3 unspecified atom stereocenters. The summed E-state index contributed by atoms with van der Waals surface area (Å²) in [6.07, 6.45) is 4.82. The van der Waals surface area contributed by atoms with E-state index in [1.54, 1.807) is 4.90 Å². The fraction of sp³-hybridized carbons (Fsp3) is 0.867. The molecule has 0 radical (unpaired) electrons. The third-order valence-electron chi connectivity index (χ3n) is 4.39. The maximum atomic E-state index is 12.4. The molecule has 5 heteroatoms. The summed E-state index contributed by atoms with van der Waals surface area (Å²) in [5, 5.41) is 12.9. The fourth-order valence-corrected chi connectivity index (χ4v) is 3.19. The molecule has 0 aromatic carbocycles. The number of likely N-dealkylation sites (tertiary alicyclic amines) is 1. The Balaban J connectivity index is 1.95. The van der Waals surface area contributed by atoms with Gasteiger partial charge in [0.2, 0.25) is 11.8 Å². The van der Waals surface area contributed by atoms with Crippen LogP contribution in [0.25, 0.3) is 0 Å². The highest BCUT2D eigenvalue weighted by Crippen LogP contribution is 2.22. The van der Waals surface area contributed by atoms with Gasteiger partial charge >= 0.3 is 0 Å². The minimum Gasteiger partial charge on any atom is -0.391 e. The van der Waals surface area contributed by atoms with E-state index >= 15 is 0 Å². The Morgan fingerprint density at radius 1 is 1.15 bits per heavy atom. The summed E-state index contributed by atoms with van der Waals surface area (Å²) < 4.78 is 0. The molecule has 1 aliphatic heterocycles. The third kappa shape index (κ3) is 3.32. The molecular formula is C15H26N2O3. The van der Waals surface area contributed by atoms with Gasteiger partial charge in [0, 0.05) is 12.5 Å². The molecule has 5 nitrogen and oxygen atoms in total. The van der Waals surface area contributed by atoms with Crippen molar-refractivity contribution in [3.8, 4) is 0 Å². The molecule has 0 bridgehead atoms. The molecule has 0 aromatic heterocycles. The van der Waals surface area contributed by atoms with Gasteiger partial charge in [-0.25, -0.2) is 0 Å². The highest BCUT2D eigenvalue weighted by molar-refractivity contribution is 5.89. The number of aliphatic hydroxyl groups is 1. The zero-order chi connectivity index (χ0) is 14.7. The summed E-state index contributed by atoms with van der Waals surface area (Å²) in [6.45, 7) is 4.39. The first-order chi connectivity index (χ1) is 9.50. The first-order valence-electron chi connectivity index (χ1n) is 7.79. The van der Waals surface area contributed by atoms with Crippen LogP contribution in [-0.2, 0) is 9.59 Å². The van der Waals surface area contributed by atoms with Crippen LogP contribution in [0.2, 0.25) is 0 Å². The fourth-order valence-electron chi connectivity index (χ4n) is 3.19. The zero-order valence-electron chi connectivity index (χ0n) is 12.5. The minimum absolute atomic E-state index is 0.0480. The average molecular weight is 282 g/mol. The van der Waals surface area contributed by atoms with E-state index in [-0.39, 0.29) is 29.8 Å². The molecule has 114 valence electrons. The Morgan fingerprint density at radius 2 is 1.85 bits per heavy atom. The number of hydrogen-bond acceptors (Lipinski definition) is 3. The molecular weight excluding hydrogens is 256 g/mol. The number of nitrogens with zero attached hydrogens (tertiary/aromatic N) is 1. The first-order valence-corrected chi connectivity index (χ1v) is 7.79. The van der Waals surface area contributed by atoms with Crippen molar-refractivity contribution in [2.24, 2.45) is 5.92 Å². The second kappa shape index (κ2) is 6.57. The highest BCUT2D eigenvalue weighted by atomic mass is 16.3. The number of hydrogen-bond donors (Lipinski definition) is 2. The van der Waals surface area contributed by atoms with Crippen LogP contribution in [0.5, 0.6) is 0 Å². The predicted octanol–water partition coefficient (Wildman–Crippen LogP) is 1.05. The van der Waals surface area contributed by atoms with E-state index in [9.17, 15) is 14.7 Å². The second-order valence-electron chi connectivity index (χ2n) is 6.31. The average Bonchev–Trinajstić information content (AvgIpc) is 2.89. The molecule has 2 aliphatic rings. The van der Waals surface area contributed by atoms with Crippen molar-refractivity contribution in [3.05, 3.63) is 0 Å². The lowest BCUT2D eigenvalue weighted by Crippen LogP contribution is -2.53. The van der Waals surface area contributed by atoms with Gasteiger partial charge in [0.15, 0.2) is 0 Å². The Morgan fingerprint density at radius 3 is 2.50 bits per heavy atom. The molecule has 0 aromatic rings. The molecule has 3 atom stereocenters. The van der Waals surface area contributed by atoms with E-state index in [1.807, 2.05) is 13.8 Å². The second-order valence-corrected chi connectivity index (χ2v) is 6.31. The van der Waals surface area contributed by atoms with Crippen LogP contribution in [-0.4, -0.2) is 46.6 Å². The highest BCUT2D eigenvalue weighted by Gasteiger charge is 2.36. The van der Waals surface area contributed by atoms with Crippen LogP contribution in [0, 0.1) is 5.92 Å². The quantitative estimate of drug-likeness (QED) is 0.813. The van der Waals surface area contributed by atoms with Crippen molar-refractivity contribution in [1.82, 2.24) is 10.2 Å². The van der Waals surface area contributed by atoms with E-state index in [4.69, 9.17) is 0 Å². The van der Waals surface area contributed by atoms with Crippen LogP contribution in [0.1, 0.15) is 52.4 Å². The van der Waals surface area contributed by atoms with Crippen molar-refractivity contribution in [3.63, 3.8) is 0 Å². The van der Waals surface area contributed by atoms with Gasteiger partial charge in [-0.2, -0.15) is 0 Å². The van der Waals surface area contributed by atoms with Crippen LogP contribution in [0.4, 0.5) is 0 Å². The van der Waals surface area contributed by atoms with E-state index in [0.29, 0.717) is 6.54 Å². The molecule has 2 fully saturated rings. The minimum atomic E-state index is -0.441. The van der Waals surface area contributed by atoms with Gasteiger partial charge in [-0.05, 0) is 25.7 Å². The summed E-state index contributed by atoms with van der Waals surface area (Å²) in [6, 6.07) is -0.494. The Hall–Kier alpha value is -1.10. The summed E-state index contributed by atoms with van der Waals surface area (Å²) in [7, 11) is 0.